The molecule has 1 unspecified atom stereocenters. The Kier molecular flexibility index (Phi) is 20.9. The van der Waals surface area contributed by atoms with Crippen molar-refractivity contribution >= 4 is 85.3 Å². The largest absolute Gasteiger partial charge is 0.497 e. The lowest BCUT2D eigenvalue weighted by molar-refractivity contribution is -0.142. The normalized spacial score (nSPS) is 12.4. The number of ether oxygens (including phenoxy) is 1. The van der Waals surface area contributed by atoms with Crippen molar-refractivity contribution in [1.29, 1.82) is 0 Å². The summed E-state index contributed by atoms with van der Waals surface area (Å²) in [6.07, 6.45) is 4.15. The van der Waals surface area contributed by atoms with Gasteiger partial charge in [-0.15, -0.1) is 50.9 Å². The molecule has 2 amide bonds. The third-order valence-electron chi connectivity index (χ3n) is 5.78. The van der Waals surface area contributed by atoms with Crippen LogP contribution >= 0.6 is 50.9 Å². The second-order valence-corrected chi connectivity index (χ2v) is 8.76. The average Bonchev–Trinajstić information content (AvgIpc) is 2.87. The molecule has 11 nitrogen and oxygen atoms in total. The number of methoxy groups -OCH3 is 1. The van der Waals surface area contributed by atoms with Crippen molar-refractivity contribution in [2.45, 2.75) is 63.6 Å². The fourth-order valence-electron chi connectivity index (χ4n) is 3.74. The molecule has 0 saturated carbocycles. The number of carboxylic acids is 1. The molecule has 39 heavy (non-hydrogen) atoms. The van der Waals surface area contributed by atoms with Crippen LogP contribution in [0.1, 0.15) is 45.4 Å². The number of fused-ring (bicyclic) bond motifs is 1. The number of nitrogens with one attached hydrogen (secondary N) is 3. The van der Waals surface area contributed by atoms with E-state index in [1.165, 1.54) is 0 Å². The Morgan fingerprint density at radius 3 is 2.46 bits per heavy atom. The summed E-state index contributed by atoms with van der Waals surface area (Å²) in [6.45, 7) is 2.90. The fourth-order valence-corrected chi connectivity index (χ4v) is 3.74. The molecule has 14 heteroatoms. The molecule has 1 aromatic heterocycles. The number of amides is 2. The van der Waals surface area contributed by atoms with E-state index in [1.807, 2.05) is 24.3 Å². The number of nitrogens with zero attached hydrogens (tertiary/aromatic N) is 1. The lowest BCUT2D eigenvalue weighted by Gasteiger charge is -2.18. The van der Waals surface area contributed by atoms with Gasteiger partial charge in [-0.3, -0.25) is 14.6 Å². The number of anilines is 1. The topological polar surface area (TPSA) is 182 Å². The number of hydrogen-bond acceptors (Lipinski definition) is 8. The van der Waals surface area contributed by atoms with Crippen molar-refractivity contribution in [1.82, 2.24) is 15.6 Å². The van der Waals surface area contributed by atoms with E-state index < -0.39 is 24.0 Å². The number of pyridine rings is 1. The third kappa shape index (κ3) is 13.8. The van der Waals surface area contributed by atoms with Crippen LogP contribution in [0.4, 0.5) is 5.69 Å². The van der Waals surface area contributed by atoms with Crippen molar-refractivity contribution in [3.05, 3.63) is 30.5 Å². The minimum atomic E-state index is -1.21. The number of benzene rings is 1. The van der Waals surface area contributed by atoms with Crippen LogP contribution in [0, 0.1) is 0 Å². The van der Waals surface area contributed by atoms with E-state index in [-0.39, 0.29) is 75.7 Å². The van der Waals surface area contributed by atoms with Gasteiger partial charge in [0, 0.05) is 36.7 Å². The van der Waals surface area contributed by atoms with E-state index in [9.17, 15) is 19.5 Å². The Morgan fingerprint density at radius 1 is 1.10 bits per heavy atom. The van der Waals surface area contributed by atoms with Crippen LogP contribution in [0.15, 0.2) is 30.5 Å². The Morgan fingerprint density at radius 2 is 1.82 bits per heavy atom. The summed E-state index contributed by atoms with van der Waals surface area (Å²) < 4.78 is 5.39. The Labute approximate surface area is 260 Å². The van der Waals surface area contributed by atoms with Crippen molar-refractivity contribution < 1.29 is 24.2 Å². The second-order valence-electron chi connectivity index (χ2n) is 8.76. The lowest BCUT2D eigenvalue weighted by atomic mass is 10.1. The van der Waals surface area contributed by atoms with Crippen molar-refractivity contribution in [2.75, 3.05) is 25.5 Å². The van der Waals surface area contributed by atoms with Crippen LogP contribution in [0.2, 0.25) is 0 Å². The van der Waals surface area contributed by atoms with Crippen molar-refractivity contribution in [2.24, 2.45) is 11.5 Å². The fraction of sp³-hybridized carbons (Fsp3) is 0.520. The smallest absolute Gasteiger partial charge is 0.326 e. The van der Waals surface area contributed by atoms with Gasteiger partial charge in [0.2, 0.25) is 11.8 Å². The molecular weight excluding hydrogens is 704 g/mol. The van der Waals surface area contributed by atoms with E-state index >= 15 is 0 Å². The predicted molar refractivity (Wildman–Crippen MR) is 170 cm³/mol. The van der Waals surface area contributed by atoms with Gasteiger partial charge in [0.15, 0.2) is 0 Å². The van der Waals surface area contributed by atoms with Crippen molar-refractivity contribution in [3.8, 4) is 5.75 Å². The molecule has 2 aromatic rings. The third-order valence-corrected chi connectivity index (χ3v) is 5.78. The van der Waals surface area contributed by atoms with Gasteiger partial charge >= 0.3 is 5.97 Å². The highest BCUT2D eigenvalue weighted by atomic mass is 79.9. The monoisotopic (exact) mass is 742 g/mol. The Bertz CT molecular complexity index is 1030. The first-order chi connectivity index (χ1) is 17.2. The zero-order chi connectivity index (χ0) is 26.5. The van der Waals surface area contributed by atoms with Gasteiger partial charge in [-0.25, -0.2) is 4.79 Å². The van der Waals surface area contributed by atoms with Gasteiger partial charge in [0.05, 0.1) is 24.4 Å². The maximum Gasteiger partial charge on any atom is 0.326 e. The quantitative estimate of drug-likeness (QED) is 0.141. The highest BCUT2D eigenvalue weighted by Gasteiger charge is 2.23. The zero-order valence-electron chi connectivity index (χ0n) is 22.2. The number of nitrogens with two attached hydrogens (primary N) is 2. The van der Waals surface area contributed by atoms with Crippen LogP contribution < -0.4 is 32.2 Å². The summed E-state index contributed by atoms with van der Waals surface area (Å²) >= 11 is 0. The highest BCUT2D eigenvalue weighted by molar-refractivity contribution is 8.93. The first-order valence-corrected chi connectivity index (χ1v) is 12.2. The number of hydrogen-bond donors (Lipinski definition) is 6. The molecule has 1 heterocycles. The maximum absolute atomic E-state index is 12.2. The van der Waals surface area contributed by atoms with Crippen LogP contribution in [0.3, 0.4) is 0 Å². The molecule has 2 rings (SSSR count). The van der Waals surface area contributed by atoms with Crippen LogP contribution in [0.25, 0.3) is 10.9 Å². The Balaban J connectivity index is 0. The van der Waals surface area contributed by atoms with Gasteiger partial charge in [-0.05, 0) is 57.7 Å². The molecule has 0 aliphatic rings. The minimum absolute atomic E-state index is 0. The minimum Gasteiger partial charge on any atom is -0.497 e. The molecule has 222 valence electrons. The second kappa shape index (κ2) is 20.8. The summed E-state index contributed by atoms with van der Waals surface area (Å²) in [4.78, 5) is 40.2. The summed E-state index contributed by atoms with van der Waals surface area (Å²) in [5.41, 5.74) is 12.9. The van der Waals surface area contributed by atoms with E-state index in [0.29, 0.717) is 25.9 Å². The zero-order valence-corrected chi connectivity index (χ0v) is 27.3. The SMILES string of the molecule is Br.Br.Br.COc1cc(NC(C)CCCNC(=O)CC[C@@H](NC(=O)[C@@H](N)CCCN)C(=O)O)c2ncccc2c1. The number of carbonyl (C=O) groups excluding carboxylic acids is 2. The molecule has 0 bridgehead atoms. The van der Waals surface area contributed by atoms with E-state index in [0.717, 1.165) is 35.2 Å². The van der Waals surface area contributed by atoms with Gasteiger partial charge < -0.3 is 37.3 Å². The molecule has 0 spiro atoms. The van der Waals surface area contributed by atoms with Gasteiger partial charge in [-0.1, -0.05) is 6.07 Å². The van der Waals surface area contributed by atoms with E-state index in [1.54, 1.807) is 13.3 Å². The van der Waals surface area contributed by atoms with Crippen LogP contribution in [0.5, 0.6) is 5.75 Å². The summed E-state index contributed by atoms with van der Waals surface area (Å²) in [7, 11) is 1.62. The maximum atomic E-state index is 12.2. The molecule has 3 atom stereocenters. The number of carboxylic acid groups (broad SMARTS) is 1. The molecule has 0 saturated heterocycles. The first kappa shape index (κ1) is 39.1. The van der Waals surface area contributed by atoms with Gasteiger partial charge in [0.25, 0.3) is 0 Å². The standard InChI is InChI=1S/C25H38N6O5.3BrH/c1-16(30-21-15-18(36-2)14-17-7-5-13-29-23(17)21)6-4-12-28-22(32)10-9-20(25(34)35)31-24(33)19(27)8-3-11-26;;;/h5,7,13-16,19-20,30H,3-4,6,8-12,26-27H2,1-2H3,(H,28,32)(H,31,33)(H,34,35);3*1H/t16?,19-,20+;;;/m0.../s1. The predicted octanol–water partition coefficient (Wildman–Crippen LogP) is 3.09. The molecule has 8 N–H and O–H groups in total. The summed E-state index contributed by atoms with van der Waals surface area (Å²) in [5.74, 6) is -1.30. The molecular formula is C25H41Br3N6O5. The molecule has 1 aromatic carbocycles. The number of aromatic nitrogens is 1. The number of carbonyl (C=O) groups is 3. The first-order valence-electron chi connectivity index (χ1n) is 12.2. The van der Waals surface area contributed by atoms with Crippen molar-refractivity contribution in [3.63, 3.8) is 0 Å². The number of halogens is 3. The van der Waals surface area contributed by atoms with Crippen LogP contribution in [-0.4, -0.2) is 66.2 Å². The van der Waals surface area contributed by atoms with Crippen LogP contribution in [-0.2, 0) is 14.4 Å². The van der Waals surface area contributed by atoms with E-state index in [4.69, 9.17) is 16.2 Å². The molecule has 0 radical (unpaired) electrons. The number of rotatable bonds is 16. The molecule has 0 aliphatic heterocycles. The number of aliphatic carboxylic acids is 1. The Hall–Kier alpha value is -2.00. The summed E-state index contributed by atoms with van der Waals surface area (Å²) in [6, 6.07) is 5.82. The lowest BCUT2D eigenvalue weighted by Crippen LogP contribution is -2.48. The van der Waals surface area contributed by atoms with E-state index in [2.05, 4.69) is 27.9 Å². The average molecular weight is 745 g/mol. The van der Waals surface area contributed by atoms with Gasteiger partial charge in [0.1, 0.15) is 11.8 Å². The molecule has 0 aliphatic carbocycles. The molecule has 0 fully saturated rings. The van der Waals surface area contributed by atoms with Gasteiger partial charge in [-0.2, -0.15) is 0 Å². The summed E-state index contributed by atoms with van der Waals surface area (Å²) in [5, 5.41) is 19.0. The highest BCUT2D eigenvalue weighted by Crippen LogP contribution is 2.28.